The number of hydrogen-bond donors (Lipinski definition) is 0. The summed E-state index contributed by atoms with van der Waals surface area (Å²) in [6, 6.07) is 103. The van der Waals surface area contributed by atoms with Crippen LogP contribution < -0.4 is 18.9 Å². The van der Waals surface area contributed by atoms with Gasteiger partial charge in [0.05, 0.1) is 64.8 Å². The first-order valence-electron chi connectivity index (χ1n) is 47.9. The first-order valence-corrected chi connectivity index (χ1v) is 54.3. The van der Waals surface area contributed by atoms with Crippen LogP contribution in [0.2, 0.25) is 0 Å². The van der Waals surface area contributed by atoms with Gasteiger partial charge in [-0.3, -0.25) is 23.4 Å². The Balaban J connectivity index is 0.000000106. The average molecular weight is 2020 g/mol. The Morgan fingerprint density at radius 2 is 0.741 bits per heavy atom. The Bertz CT molecular complexity index is 7170. The minimum Gasteiger partial charge on any atom is -0.482 e. The molecule has 21 unspecified atom stereocenters. The summed E-state index contributed by atoms with van der Waals surface area (Å²) in [6.07, 6.45) is -2.74. The molecule has 0 spiro atoms. The number of hydrogen-bond acceptors (Lipinski definition) is 25. The van der Waals surface area contributed by atoms with Crippen LogP contribution in [0.4, 0.5) is 0 Å². The molecule has 726 valence electrons. The summed E-state index contributed by atoms with van der Waals surface area (Å²) in [5.41, 5.74) is 2.00. The summed E-state index contributed by atoms with van der Waals surface area (Å²) in [5, 5.41) is 4.52. The van der Waals surface area contributed by atoms with Gasteiger partial charge in [-0.15, -0.1) is 0 Å². The molecule has 8 aliphatic heterocycles. The molecule has 8 saturated heterocycles. The largest absolute Gasteiger partial charge is 0.482 e. The molecule has 30 heteroatoms. The fourth-order valence-electron chi connectivity index (χ4n) is 23.2. The average Bonchev–Trinajstić information content (AvgIpc) is 1.48. The van der Waals surface area contributed by atoms with Gasteiger partial charge < -0.3 is 66.3 Å². The number of benzene rings is 12. The molecule has 14 aromatic rings. The Morgan fingerprint density at radius 1 is 0.357 bits per heavy atom. The van der Waals surface area contributed by atoms with E-state index in [-0.39, 0.29) is 147 Å². The molecule has 4 aliphatic carbocycles. The van der Waals surface area contributed by atoms with Gasteiger partial charge in [0.25, 0.3) is 10.1 Å². The van der Waals surface area contributed by atoms with Gasteiger partial charge in [-0.1, -0.05) is 121 Å². The van der Waals surface area contributed by atoms with Crippen molar-refractivity contribution in [1.82, 2.24) is 0 Å². The molecule has 21 atom stereocenters. The van der Waals surface area contributed by atoms with E-state index < -0.39 is 112 Å². The minimum atomic E-state index is -3.65. The maximum absolute atomic E-state index is 12.7. The lowest BCUT2D eigenvalue weighted by molar-refractivity contribution is -0.166. The van der Waals surface area contributed by atoms with Crippen molar-refractivity contribution in [2.24, 2.45) is 47.3 Å². The quantitative estimate of drug-likeness (QED) is 0.0222. The van der Waals surface area contributed by atoms with Crippen molar-refractivity contribution in [3.8, 4) is 32.8 Å². The van der Waals surface area contributed by atoms with Crippen molar-refractivity contribution in [2.45, 2.75) is 154 Å². The fraction of sp³-hybridized carbons (Fsp3) is 0.292. The van der Waals surface area contributed by atoms with Crippen molar-refractivity contribution < 1.29 is 117 Å². The zero-order valence-electron chi connectivity index (χ0n) is 77.6. The lowest BCUT2D eigenvalue weighted by Crippen LogP contribution is -2.44. The molecule has 12 fully saturated rings. The maximum atomic E-state index is 12.7. The second kappa shape index (κ2) is 39.0. The van der Waals surface area contributed by atoms with Gasteiger partial charge >= 0.3 is 47.8 Å². The highest BCUT2D eigenvalue weighted by atomic mass is 32.2. The molecule has 143 heavy (non-hydrogen) atoms. The number of rotatable bonds is 25. The van der Waals surface area contributed by atoms with Crippen LogP contribution in [-0.4, -0.2) is 168 Å². The summed E-state index contributed by atoms with van der Waals surface area (Å²) >= 11 is 0. The molecule has 26 rings (SSSR count). The second-order valence-electron chi connectivity index (χ2n) is 37.5. The Hall–Kier alpha value is -13.4. The van der Waals surface area contributed by atoms with Gasteiger partial charge in [-0.2, -0.15) is 8.42 Å². The molecule has 8 bridgehead atoms. The van der Waals surface area contributed by atoms with Gasteiger partial charge in [0.1, 0.15) is 71.0 Å². The summed E-state index contributed by atoms with van der Waals surface area (Å²) in [6.45, 7) is 3.11. The number of methoxy groups -OCH3 is 1. The first kappa shape index (κ1) is 93.2. The summed E-state index contributed by atoms with van der Waals surface area (Å²) < 4.78 is 113. The smallest absolute Gasteiger partial charge is 0.344 e. The zero-order chi connectivity index (χ0) is 97.6. The molecular weight excluding hydrogens is 1920 g/mol. The summed E-state index contributed by atoms with van der Waals surface area (Å²) in [4.78, 5) is 108. The Morgan fingerprint density at radius 3 is 1.22 bits per heavy atom. The van der Waals surface area contributed by atoms with Crippen LogP contribution in [0, 0.1) is 61.2 Å². The second-order valence-corrected chi connectivity index (χ2v) is 47.3. The Kier molecular flexibility index (Phi) is 25.4. The molecule has 0 amide bonds. The number of carbonyl (C=O) groups is 8. The minimum absolute atomic E-state index is 0.00882. The lowest BCUT2D eigenvalue weighted by Gasteiger charge is -2.29. The van der Waals surface area contributed by atoms with Crippen molar-refractivity contribution in [2.75, 3.05) is 33.5 Å². The predicted molar refractivity (Wildman–Crippen MR) is 532 cm³/mol. The molecule has 0 radical (unpaired) electrons. The highest BCUT2D eigenvalue weighted by Gasteiger charge is 2.71. The van der Waals surface area contributed by atoms with Crippen LogP contribution in [0.5, 0.6) is 23.0 Å². The van der Waals surface area contributed by atoms with E-state index in [4.69, 9.17) is 70.5 Å². The zero-order valence-corrected chi connectivity index (χ0v) is 81.7. The van der Waals surface area contributed by atoms with Crippen LogP contribution in [0.25, 0.3) is 50.1 Å². The van der Waals surface area contributed by atoms with Crippen molar-refractivity contribution in [3.05, 3.63) is 314 Å². The van der Waals surface area contributed by atoms with E-state index >= 15 is 0 Å². The molecule has 4 saturated carbocycles. The lowest BCUT2D eigenvalue weighted by atomic mass is 9.78. The third-order valence-corrected chi connectivity index (χ3v) is 40.0. The molecule has 2 aromatic heterocycles. The highest BCUT2D eigenvalue weighted by Crippen LogP contribution is 2.61. The maximum Gasteiger partial charge on any atom is 0.344 e. The van der Waals surface area contributed by atoms with Crippen LogP contribution in [0.3, 0.4) is 0 Å². The standard InChI is InChI=1S/C30H27O7S.C30H27O5S.C27H21O6S.C26H23O7S2/c1-34-29(32)25-22-16-23-26(25)30(33)37-28(23)27(22)36-24(31)17-35-18-12-14-21(15-13-18)38(19-8-4-2-5-9-19)20-10-6-3-7-11-20;1-16-11-19(36-24-9-5-3-7-20(24)21-8-4-6-10-25(21)36)12-17(2)27(16)33-15-26(31)34-28-18-13-22-23(14-18)30(32)35-29(22)28;28-23(32-25-20-13-19-24(31-20)26(25)33-27(19)29)14-30-15-9-11-16(12-10-15)34-21-7-3-1-5-17(21)18-6-2-4-8-22(18)34;27-23(32-24-21-15-22-25(31-21)26(24)33-35(22,28)29)16-30-17-11-13-20(14-12-17)34(18-7-3-1-4-8-18)19-9-5-2-6-10-19/h2-15,22-23,25-28H,16-17H2,1H3;3-12,18,22-23,28-29H,13-15H2,1-2H3;1-12,19-20,24-26H,13-14H2;1-14,21-22,24-26H,15-16H2/q4*+1. The SMILES string of the molecule is COC(=O)C1C2CC3C(OC(=O)C31)C2OC(=O)COc1ccc([S+](c2ccccc2)c2ccccc2)cc1.Cc1cc(-[s+]2c3ccccc3c3ccccc32)cc(C)c1OCC(=O)OC1C2CC3C(=O)OC1C3C2.O=C(COc1ccc(-[s+]2c3ccccc3c3ccccc32)cc1)OC1C2CC3C(=O)OC1C3O2.O=C(COc1ccc([S+](c2ccccc2)c2ccccc2)cc1)OC1C2CC3C(O2)C1OS3(=O)=O. The van der Waals surface area contributed by atoms with E-state index in [0.29, 0.717) is 30.1 Å². The van der Waals surface area contributed by atoms with Crippen LogP contribution in [0.15, 0.2) is 333 Å². The molecule has 25 nitrogen and oxygen atoms in total. The van der Waals surface area contributed by atoms with Crippen LogP contribution in [0.1, 0.15) is 43.2 Å². The van der Waals surface area contributed by atoms with E-state index in [0.717, 1.165) is 39.5 Å². The van der Waals surface area contributed by atoms with Gasteiger partial charge in [0.15, 0.2) is 103 Å². The van der Waals surface area contributed by atoms with Crippen molar-refractivity contribution in [1.29, 1.82) is 0 Å². The van der Waals surface area contributed by atoms with E-state index in [9.17, 15) is 46.8 Å². The predicted octanol–water partition coefficient (Wildman–Crippen LogP) is 18.3. The number of aryl methyl sites for hydroxylation is 2. The number of ether oxygens (including phenoxy) is 14. The number of fused-ring (bicyclic) bond motifs is 10. The van der Waals surface area contributed by atoms with E-state index in [1.165, 1.54) is 76.8 Å². The molecule has 12 aliphatic rings. The van der Waals surface area contributed by atoms with Gasteiger partial charge in [-0.05, 0) is 215 Å². The molecular formula is C113H98O25S5+4. The molecule has 12 aromatic carbocycles. The van der Waals surface area contributed by atoms with Crippen LogP contribution in [-0.2, 0) is 122 Å². The Labute approximate surface area is 834 Å². The number of esters is 8. The third kappa shape index (κ3) is 17.7. The van der Waals surface area contributed by atoms with Gasteiger partial charge in [0.2, 0.25) is 0 Å². The van der Waals surface area contributed by atoms with Crippen molar-refractivity contribution >= 4 is 141 Å². The number of carbonyl (C=O) groups excluding carboxylic acids is 8. The molecule has 10 heterocycles. The topological polar surface area (TPSA) is 309 Å². The van der Waals surface area contributed by atoms with Gasteiger partial charge in [-0.25, -0.2) is 19.2 Å². The van der Waals surface area contributed by atoms with E-state index in [2.05, 4.69) is 170 Å². The van der Waals surface area contributed by atoms with Crippen molar-refractivity contribution in [3.63, 3.8) is 0 Å². The van der Waals surface area contributed by atoms with E-state index in [1.54, 1.807) is 0 Å². The summed E-state index contributed by atoms with van der Waals surface area (Å²) in [5.74, 6) is -2.19. The van der Waals surface area contributed by atoms with Crippen LogP contribution >= 0.6 is 20.9 Å². The van der Waals surface area contributed by atoms with Gasteiger partial charge in [0, 0.05) is 90.4 Å². The highest BCUT2D eigenvalue weighted by molar-refractivity contribution is 7.97. The molecule has 0 N–H and O–H groups in total. The normalized spacial score (nSPS) is 26.8. The van der Waals surface area contributed by atoms with E-state index in [1.807, 2.05) is 147 Å². The third-order valence-electron chi connectivity index (χ3n) is 29.3. The monoisotopic (exact) mass is 2010 g/mol. The first-order chi connectivity index (χ1) is 69.7. The summed E-state index contributed by atoms with van der Waals surface area (Å²) in [7, 11) is -3.26. The fourth-order valence-corrected chi connectivity index (χ4v) is 34.0. The number of thiophene rings is 2.